The molecule has 1 heterocycles. The summed E-state index contributed by atoms with van der Waals surface area (Å²) in [5, 5.41) is 18.4. The van der Waals surface area contributed by atoms with Crippen molar-refractivity contribution in [2.45, 2.75) is 45.8 Å². The van der Waals surface area contributed by atoms with Crippen LogP contribution in [0.25, 0.3) is 5.69 Å². The summed E-state index contributed by atoms with van der Waals surface area (Å²) in [5.41, 5.74) is 3.48. The maximum Gasteiger partial charge on any atom is 0.419 e. The van der Waals surface area contributed by atoms with Crippen LogP contribution < -0.4 is 10.6 Å². The molecule has 3 rings (SSSR count). The average Bonchev–Trinajstić information content (AvgIpc) is 3.28. The zero-order chi connectivity index (χ0) is 26.5. The molecule has 0 bridgehead atoms. The van der Waals surface area contributed by atoms with Gasteiger partial charge in [0.25, 0.3) is 5.91 Å². The van der Waals surface area contributed by atoms with Crippen LogP contribution in [0.1, 0.15) is 58.4 Å². The lowest BCUT2D eigenvalue weighted by Gasteiger charge is -2.22. The Balaban J connectivity index is 1.80. The van der Waals surface area contributed by atoms with E-state index < -0.39 is 23.6 Å². The van der Waals surface area contributed by atoms with Crippen molar-refractivity contribution in [3.63, 3.8) is 0 Å². The number of anilines is 1. The van der Waals surface area contributed by atoms with E-state index in [0.717, 1.165) is 59.9 Å². The molecule has 1 aromatic heterocycles. The summed E-state index contributed by atoms with van der Waals surface area (Å²) >= 11 is 0. The molecule has 190 valence electrons. The van der Waals surface area contributed by atoms with Gasteiger partial charge in [-0.05, 0) is 61.2 Å². The Labute approximate surface area is 206 Å². The average molecular weight is 501 g/mol. The lowest BCUT2D eigenvalue weighted by atomic mass is 9.99. The number of nitrogens with one attached hydrogen (secondary N) is 2. The molecule has 0 aliphatic carbocycles. The molecule has 0 fully saturated rings. The third kappa shape index (κ3) is 6.53. The molecule has 0 spiro atoms. The normalized spacial score (nSPS) is 12.5. The number of aliphatic carboxylic acids is 1. The molecule has 36 heavy (non-hydrogen) atoms. The van der Waals surface area contributed by atoms with E-state index in [2.05, 4.69) is 22.7 Å². The fourth-order valence-corrected chi connectivity index (χ4v) is 3.94. The summed E-state index contributed by atoms with van der Waals surface area (Å²) in [5.74, 6) is -1.58. The minimum Gasteiger partial charge on any atom is -0.478 e. The number of aryl methyl sites for hydroxylation is 2. The molecule has 10 heteroatoms. The van der Waals surface area contributed by atoms with Gasteiger partial charge in [0.05, 0.1) is 23.5 Å². The number of carboxylic acid groups (broad SMARTS) is 1. The van der Waals surface area contributed by atoms with Crippen molar-refractivity contribution in [3.05, 3.63) is 88.9 Å². The van der Waals surface area contributed by atoms with Crippen molar-refractivity contribution in [1.29, 1.82) is 0 Å². The molecule has 1 amide bonds. The number of alkyl halides is 3. The number of nitrogens with zero attached hydrogens (tertiary/aromatic N) is 2. The fraction of sp³-hybridized carbons (Fsp3) is 0.269. The van der Waals surface area contributed by atoms with Gasteiger partial charge in [-0.3, -0.25) is 4.79 Å². The Morgan fingerprint density at radius 2 is 1.78 bits per heavy atom. The predicted molar refractivity (Wildman–Crippen MR) is 130 cm³/mol. The molecule has 2 aromatic carbocycles. The number of aromatic nitrogens is 2. The standard InChI is InChI=1S/C26H27F3N4O3/c1-4-5-22(18-6-8-19(9-7-18)25(36)30-11-10-23(34)35)32-21-12-16(2)24(17(3)13-21)33-15-20(14-31-33)26(27,28)29/h6-15,22,32H,4-5H2,1-3H3,(H,30,36)(H,34,35)/t22-/m1/s1. The molecular weight excluding hydrogens is 473 g/mol. The summed E-state index contributed by atoms with van der Waals surface area (Å²) in [7, 11) is 0. The molecule has 1 atom stereocenters. The molecule has 3 aromatic rings. The number of carboxylic acids is 1. The Morgan fingerprint density at radius 1 is 1.14 bits per heavy atom. The number of hydrogen-bond acceptors (Lipinski definition) is 4. The molecule has 7 nitrogen and oxygen atoms in total. The maximum absolute atomic E-state index is 13.0. The molecule has 0 saturated heterocycles. The Morgan fingerprint density at radius 3 is 2.31 bits per heavy atom. The van der Waals surface area contributed by atoms with Crippen molar-refractivity contribution >= 4 is 17.6 Å². The van der Waals surface area contributed by atoms with Crippen molar-refractivity contribution < 1.29 is 27.9 Å². The minimum atomic E-state index is -4.46. The van der Waals surface area contributed by atoms with E-state index in [1.165, 1.54) is 4.68 Å². The number of carbonyl (C=O) groups excluding carboxylic acids is 1. The van der Waals surface area contributed by atoms with Crippen molar-refractivity contribution in [2.75, 3.05) is 5.32 Å². The smallest absolute Gasteiger partial charge is 0.419 e. The summed E-state index contributed by atoms with van der Waals surface area (Å²) in [6.45, 7) is 5.70. The quantitative estimate of drug-likeness (QED) is 0.323. The van der Waals surface area contributed by atoms with E-state index in [-0.39, 0.29) is 6.04 Å². The van der Waals surface area contributed by atoms with Crippen LogP contribution in [0.4, 0.5) is 18.9 Å². The predicted octanol–water partition coefficient (Wildman–Crippen LogP) is 5.79. The number of hydrogen-bond donors (Lipinski definition) is 3. The number of benzene rings is 2. The zero-order valence-electron chi connectivity index (χ0n) is 20.1. The first kappa shape index (κ1) is 26.5. The van der Waals surface area contributed by atoms with Gasteiger partial charge in [-0.15, -0.1) is 0 Å². The van der Waals surface area contributed by atoms with Gasteiger partial charge in [0.1, 0.15) is 0 Å². The molecular formula is C26H27F3N4O3. The summed E-state index contributed by atoms with van der Waals surface area (Å²) < 4.78 is 40.3. The summed E-state index contributed by atoms with van der Waals surface area (Å²) in [6, 6.07) is 10.7. The number of amides is 1. The Hall–Kier alpha value is -4.08. The lowest BCUT2D eigenvalue weighted by molar-refractivity contribution is -0.137. The molecule has 3 N–H and O–H groups in total. The van der Waals surface area contributed by atoms with E-state index in [1.807, 2.05) is 38.1 Å². The third-order valence-corrected chi connectivity index (χ3v) is 5.56. The Kier molecular flexibility index (Phi) is 8.18. The molecule has 0 aliphatic rings. The molecule has 0 saturated carbocycles. The van der Waals surface area contributed by atoms with E-state index in [4.69, 9.17) is 5.11 Å². The van der Waals surface area contributed by atoms with Crippen LogP contribution in [0, 0.1) is 13.8 Å². The van der Waals surface area contributed by atoms with E-state index in [9.17, 15) is 22.8 Å². The van der Waals surface area contributed by atoms with Crippen LogP contribution in [-0.4, -0.2) is 26.8 Å². The van der Waals surface area contributed by atoms with Crippen LogP contribution in [0.5, 0.6) is 0 Å². The van der Waals surface area contributed by atoms with Gasteiger partial charge in [-0.2, -0.15) is 18.3 Å². The van der Waals surface area contributed by atoms with Crippen LogP contribution in [0.2, 0.25) is 0 Å². The van der Waals surface area contributed by atoms with Gasteiger partial charge in [-0.25, -0.2) is 9.48 Å². The van der Waals surface area contributed by atoms with Gasteiger partial charge in [0.15, 0.2) is 0 Å². The van der Waals surface area contributed by atoms with E-state index in [0.29, 0.717) is 11.3 Å². The van der Waals surface area contributed by atoms with Gasteiger partial charge >= 0.3 is 12.1 Å². The van der Waals surface area contributed by atoms with Crippen LogP contribution in [0.3, 0.4) is 0 Å². The fourth-order valence-electron chi connectivity index (χ4n) is 3.94. The Bertz CT molecular complexity index is 1240. The first-order valence-electron chi connectivity index (χ1n) is 11.3. The van der Waals surface area contributed by atoms with Crippen molar-refractivity contribution in [2.24, 2.45) is 0 Å². The first-order chi connectivity index (χ1) is 17.0. The summed E-state index contributed by atoms with van der Waals surface area (Å²) in [4.78, 5) is 22.7. The lowest BCUT2D eigenvalue weighted by Crippen LogP contribution is -2.18. The van der Waals surface area contributed by atoms with Gasteiger partial charge in [0, 0.05) is 29.7 Å². The zero-order valence-corrected chi connectivity index (χ0v) is 20.1. The maximum atomic E-state index is 13.0. The van der Waals surface area contributed by atoms with Gasteiger partial charge < -0.3 is 15.7 Å². The molecule has 0 radical (unpaired) electrons. The monoisotopic (exact) mass is 500 g/mol. The molecule has 0 unspecified atom stereocenters. The van der Waals surface area contributed by atoms with Crippen molar-refractivity contribution in [1.82, 2.24) is 15.1 Å². The second kappa shape index (κ2) is 11.1. The summed E-state index contributed by atoms with van der Waals surface area (Å²) in [6.07, 6.45) is 0.947. The third-order valence-electron chi connectivity index (χ3n) is 5.56. The van der Waals surface area contributed by atoms with Crippen LogP contribution in [-0.2, 0) is 11.0 Å². The topological polar surface area (TPSA) is 96.3 Å². The highest BCUT2D eigenvalue weighted by molar-refractivity contribution is 5.95. The second-order valence-electron chi connectivity index (χ2n) is 8.38. The minimum absolute atomic E-state index is 0.0646. The number of rotatable bonds is 9. The highest BCUT2D eigenvalue weighted by Gasteiger charge is 2.32. The SMILES string of the molecule is CCC[C@@H](Nc1cc(C)c(-n2cc(C(F)(F)F)cn2)c(C)c1)c1ccc(C(=O)NC=CC(=O)O)cc1. The largest absolute Gasteiger partial charge is 0.478 e. The highest BCUT2D eigenvalue weighted by Crippen LogP contribution is 2.32. The van der Waals surface area contributed by atoms with Crippen LogP contribution >= 0.6 is 0 Å². The first-order valence-corrected chi connectivity index (χ1v) is 11.3. The van der Waals surface area contributed by atoms with Crippen LogP contribution in [0.15, 0.2) is 61.1 Å². The number of halogens is 3. The molecule has 0 aliphatic heterocycles. The highest BCUT2D eigenvalue weighted by atomic mass is 19.4. The second-order valence-corrected chi connectivity index (χ2v) is 8.38. The van der Waals surface area contributed by atoms with Crippen molar-refractivity contribution in [3.8, 4) is 5.69 Å². The van der Waals surface area contributed by atoms with Gasteiger partial charge in [-0.1, -0.05) is 25.5 Å². The number of carbonyl (C=O) groups is 2. The van der Waals surface area contributed by atoms with E-state index >= 15 is 0 Å². The van der Waals surface area contributed by atoms with Gasteiger partial charge in [0.2, 0.25) is 0 Å². The van der Waals surface area contributed by atoms with E-state index in [1.54, 1.807) is 12.1 Å².